The lowest BCUT2D eigenvalue weighted by Gasteiger charge is -2.05. The first-order chi connectivity index (χ1) is 13.0. The van der Waals surface area contributed by atoms with Crippen molar-refractivity contribution in [3.8, 4) is 0 Å². The number of aromatic nitrogens is 2. The van der Waals surface area contributed by atoms with Gasteiger partial charge >= 0.3 is 0 Å². The summed E-state index contributed by atoms with van der Waals surface area (Å²) in [4.78, 5) is 29.0. The molecule has 9 heteroatoms. The van der Waals surface area contributed by atoms with E-state index in [2.05, 4.69) is 15.6 Å². The third-order valence-corrected chi connectivity index (χ3v) is 3.74. The van der Waals surface area contributed by atoms with Gasteiger partial charge in [-0.05, 0) is 24.3 Å². The summed E-state index contributed by atoms with van der Waals surface area (Å²) in [6.45, 7) is 0.624. The minimum atomic E-state index is -1.08. The molecule has 0 aliphatic rings. The van der Waals surface area contributed by atoms with Crippen molar-refractivity contribution in [3.05, 3.63) is 65.7 Å². The Hall–Kier alpha value is -3.33. The normalized spacial score (nSPS) is 10.8. The molecule has 7 nitrogen and oxygen atoms in total. The molecule has 0 bridgehead atoms. The molecule has 0 aliphatic heterocycles. The average Bonchev–Trinajstić information content (AvgIpc) is 3.05. The Balaban J connectivity index is 1.90. The summed E-state index contributed by atoms with van der Waals surface area (Å²) in [6, 6.07) is 8.03. The Kier molecular flexibility index (Phi) is 5.41. The van der Waals surface area contributed by atoms with Crippen LogP contribution in [-0.2, 0) is 4.74 Å². The van der Waals surface area contributed by atoms with E-state index in [0.717, 1.165) is 12.1 Å². The number of carbonyl (C=O) groups excluding carboxylic acids is 2. The molecule has 2 aromatic heterocycles. The van der Waals surface area contributed by atoms with Crippen LogP contribution in [0, 0.1) is 11.6 Å². The number of imidazole rings is 1. The fourth-order valence-electron chi connectivity index (χ4n) is 2.48. The zero-order valence-corrected chi connectivity index (χ0v) is 14.3. The zero-order chi connectivity index (χ0) is 19.4. The molecule has 0 unspecified atom stereocenters. The highest BCUT2D eigenvalue weighted by molar-refractivity contribution is 6.06. The second kappa shape index (κ2) is 7.92. The number of pyridine rings is 1. The number of methoxy groups -OCH3 is 1. The van der Waals surface area contributed by atoms with Crippen LogP contribution in [-0.4, -0.2) is 41.5 Å². The number of benzene rings is 1. The quantitative estimate of drug-likeness (QED) is 0.648. The Bertz CT molecular complexity index is 1000. The molecule has 27 heavy (non-hydrogen) atoms. The summed E-state index contributed by atoms with van der Waals surface area (Å²) in [5, 5.41) is 5.09. The van der Waals surface area contributed by atoms with E-state index >= 15 is 0 Å². The molecule has 3 rings (SSSR count). The van der Waals surface area contributed by atoms with E-state index in [0.29, 0.717) is 12.1 Å². The minimum Gasteiger partial charge on any atom is -0.383 e. The van der Waals surface area contributed by atoms with Crippen LogP contribution in [0.25, 0.3) is 5.52 Å². The van der Waals surface area contributed by atoms with E-state index in [1.807, 2.05) is 0 Å². The lowest BCUT2D eigenvalue weighted by atomic mass is 10.3. The number of rotatable bonds is 6. The van der Waals surface area contributed by atoms with Gasteiger partial charge in [0.15, 0.2) is 17.3 Å². The Morgan fingerprint density at radius 2 is 1.96 bits per heavy atom. The van der Waals surface area contributed by atoms with Gasteiger partial charge < -0.3 is 15.4 Å². The van der Waals surface area contributed by atoms with Crippen molar-refractivity contribution in [3.63, 3.8) is 0 Å². The molecule has 2 amide bonds. The maximum Gasteiger partial charge on any atom is 0.292 e. The highest BCUT2D eigenvalue weighted by Crippen LogP contribution is 2.17. The molecular weight excluding hydrogens is 358 g/mol. The molecule has 0 saturated carbocycles. The van der Waals surface area contributed by atoms with Crippen LogP contribution >= 0.6 is 0 Å². The number of amides is 2. The first kappa shape index (κ1) is 18.5. The molecular formula is C18H16F2N4O3. The van der Waals surface area contributed by atoms with E-state index < -0.39 is 23.4 Å². The SMILES string of the molecule is COCCNC(=O)c1nc(C(=O)Nc2ccc(F)c(F)c2)n2ccccc12. The fourth-order valence-corrected chi connectivity index (χ4v) is 2.48. The van der Waals surface area contributed by atoms with Gasteiger partial charge in [-0.1, -0.05) is 6.07 Å². The second-order valence-corrected chi connectivity index (χ2v) is 5.57. The number of halogens is 2. The van der Waals surface area contributed by atoms with Crippen molar-refractivity contribution in [1.29, 1.82) is 0 Å². The van der Waals surface area contributed by atoms with Crippen molar-refractivity contribution in [1.82, 2.24) is 14.7 Å². The molecule has 0 spiro atoms. The lowest BCUT2D eigenvalue weighted by molar-refractivity contribution is 0.0934. The maximum absolute atomic E-state index is 13.3. The van der Waals surface area contributed by atoms with Gasteiger partial charge in [0.05, 0.1) is 12.1 Å². The first-order valence-electron chi connectivity index (χ1n) is 8.02. The Morgan fingerprint density at radius 1 is 1.15 bits per heavy atom. The fraction of sp³-hybridized carbons (Fsp3) is 0.167. The van der Waals surface area contributed by atoms with Gasteiger partial charge in [-0.15, -0.1) is 0 Å². The number of anilines is 1. The van der Waals surface area contributed by atoms with Gasteiger partial charge in [0.25, 0.3) is 11.8 Å². The smallest absolute Gasteiger partial charge is 0.292 e. The molecule has 0 radical (unpaired) electrons. The van der Waals surface area contributed by atoms with Crippen LogP contribution in [0.3, 0.4) is 0 Å². The van der Waals surface area contributed by atoms with E-state index in [4.69, 9.17) is 4.74 Å². The molecule has 1 aromatic carbocycles. The first-order valence-corrected chi connectivity index (χ1v) is 8.02. The Labute approximate surface area is 153 Å². The van der Waals surface area contributed by atoms with Crippen LogP contribution < -0.4 is 10.6 Å². The molecule has 2 N–H and O–H groups in total. The number of hydrogen-bond acceptors (Lipinski definition) is 4. The number of hydrogen-bond donors (Lipinski definition) is 2. The largest absolute Gasteiger partial charge is 0.383 e. The van der Waals surface area contributed by atoms with Gasteiger partial charge in [0.1, 0.15) is 0 Å². The van der Waals surface area contributed by atoms with Crippen LogP contribution in [0.5, 0.6) is 0 Å². The number of fused-ring (bicyclic) bond motifs is 1. The summed E-state index contributed by atoms with van der Waals surface area (Å²) in [5.41, 5.74) is 0.572. The monoisotopic (exact) mass is 374 g/mol. The van der Waals surface area contributed by atoms with Crippen molar-refractivity contribution in [2.24, 2.45) is 0 Å². The summed E-state index contributed by atoms with van der Waals surface area (Å²) < 4.78 is 32.7. The minimum absolute atomic E-state index is 0.0628. The number of ether oxygens (including phenoxy) is 1. The molecule has 0 aliphatic carbocycles. The average molecular weight is 374 g/mol. The van der Waals surface area contributed by atoms with E-state index in [-0.39, 0.29) is 23.8 Å². The third-order valence-electron chi connectivity index (χ3n) is 3.74. The van der Waals surface area contributed by atoms with Crippen LogP contribution in [0.1, 0.15) is 21.1 Å². The highest BCUT2D eigenvalue weighted by atomic mass is 19.2. The van der Waals surface area contributed by atoms with Gasteiger partial charge in [-0.3, -0.25) is 14.0 Å². The van der Waals surface area contributed by atoms with Crippen LogP contribution in [0.15, 0.2) is 42.6 Å². The van der Waals surface area contributed by atoms with Crippen molar-refractivity contribution >= 4 is 23.0 Å². The predicted octanol–water partition coefficient (Wildman–Crippen LogP) is 2.24. The van der Waals surface area contributed by atoms with Gasteiger partial charge in [0.2, 0.25) is 5.82 Å². The second-order valence-electron chi connectivity index (χ2n) is 5.57. The highest BCUT2D eigenvalue weighted by Gasteiger charge is 2.21. The van der Waals surface area contributed by atoms with Gasteiger partial charge in [-0.2, -0.15) is 0 Å². The summed E-state index contributed by atoms with van der Waals surface area (Å²) in [6.07, 6.45) is 1.58. The van der Waals surface area contributed by atoms with Crippen molar-refractivity contribution < 1.29 is 23.1 Å². The Morgan fingerprint density at radius 3 is 2.70 bits per heavy atom. The molecule has 0 saturated heterocycles. The summed E-state index contributed by atoms with van der Waals surface area (Å²) in [5.74, 6) is -3.29. The van der Waals surface area contributed by atoms with Crippen LogP contribution in [0.2, 0.25) is 0 Å². The summed E-state index contributed by atoms with van der Waals surface area (Å²) in [7, 11) is 1.51. The van der Waals surface area contributed by atoms with Gasteiger partial charge in [-0.25, -0.2) is 13.8 Å². The zero-order valence-electron chi connectivity index (χ0n) is 14.3. The molecule has 0 fully saturated rings. The van der Waals surface area contributed by atoms with Crippen molar-refractivity contribution in [2.45, 2.75) is 0 Å². The van der Waals surface area contributed by atoms with Crippen LogP contribution in [0.4, 0.5) is 14.5 Å². The topological polar surface area (TPSA) is 84.7 Å². The van der Waals surface area contributed by atoms with E-state index in [1.165, 1.54) is 17.6 Å². The van der Waals surface area contributed by atoms with E-state index in [9.17, 15) is 18.4 Å². The summed E-state index contributed by atoms with van der Waals surface area (Å²) >= 11 is 0. The lowest BCUT2D eigenvalue weighted by Crippen LogP contribution is -2.27. The number of carbonyl (C=O) groups is 2. The molecule has 3 aromatic rings. The van der Waals surface area contributed by atoms with Crippen molar-refractivity contribution in [2.75, 3.05) is 25.6 Å². The standard InChI is InChI=1S/C18H16F2N4O3/c1-27-9-7-21-17(25)15-14-4-2-3-8-24(14)16(23-15)18(26)22-11-5-6-12(19)13(20)10-11/h2-6,8,10H,7,9H2,1H3,(H,21,25)(H,22,26). The molecule has 0 atom stereocenters. The number of nitrogens with zero attached hydrogens (tertiary/aromatic N) is 2. The van der Waals surface area contributed by atoms with Gasteiger partial charge in [0, 0.05) is 31.6 Å². The molecule has 140 valence electrons. The van der Waals surface area contributed by atoms with E-state index in [1.54, 1.807) is 24.4 Å². The third kappa shape index (κ3) is 3.93. The number of nitrogens with one attached hydrogen (secondary N) is 2. The maximum atomic E-state index is 13.3. The molecule has 2 heterocycles. The predicted molar refractivity (Wildman–Crippen MR) is 93.7 cm³/mol.